The van der Waals surface area contributed by atoms with E-state index in [1.165, 1.54) is 0 Å². The molecule has 0 saturated carbocycles. The fraction of sp³-hybridized carbons (Fsp3) is 0.625. The number of rotatable bonds is 7. The van der Waals surface area contributed by atoms with Gasteiger partial charge in [-0.15, -0.1) is 0 Å². The second kappa shape index (κ2) is 11.7. The molecule has 0 aromatic heterocycles. The van der Waals surface area contributed by atoms with E-state index in [-0.39, 0.29) is 18.4 Å². The van der Waals surface area contributed by atoms with Crippen molar-refractivity contribution in [1.82, 2.24) is 15.1 Å². The molecule has 8 heteroatoms. The van der Waals surface area contributed by atoms with Gasteiger partial charge in [0.1, 0.15) is 17.9 Å². The van der Waals surface area contributed by atoms with Gasteiger partial charge in [0, 0.05) is 32.6 Å². The van der Waals surface area contributed by atoms with Gasteiger partial charge in [0.05, 0.1) is 6.61 Å². The molecule has 1 heterocycles. The predicted octanol–water partition coefficient (Wildman–Crippen LogP) is 3.05. The van der Waals surface area contributed by atoms with E-state index in [9.17, 15) is 14.4 Å². The fourth-order valence-corrected chi connectivity index (χ4v) is 3.57. The zero-order chi connectivity index (χ0) is 23.7. The van der Waals surface area contributed by atoms with Crippen molar-refractivity contribution in [2.24, 2.45) is 0 Å². The van der Waals surface area contributed by atoms with E-state index in [1.54, 1.807) is 25.7 Å². The summed E-state index contributed by atoms with van der Waals surface area (Å²) in [5.41, 5.74) is 1.57. The molecule has 1 aromatic rings. The summed E-state index contributed by atoms with van der Waals surface area (Å²) in [4.78, 5) is 40.3. The number of carbonyl (C=O) groups is 3. The first-order valence-corrected chi connectivity index (χ1v) is 11.3. The van der Waals surface area contributed by atoms with Gasteiger partial charge in [-0.25, -0.2) is 4.79 Å². The predicted molar refractivity (Wildman–Crippen MR) is 123 cm³/mol. The molecule has 32 heavy (non-hydrogen) atoms. The highest BCUT2D eigenvalue weighted by molar-refractivity contribution is 5.82. The maximum absolute atomic E-state index is 12.6. The number of nitrogens with zero attached hydrogens (tertiary/aromatic N) is 2. The first-order valence-electron chi connectivity index (χ1n) is 11.3. The van der Waals surface area contributed by atoms with E-state index in [2.05, 4.69) is 5.32 Å². The topological polar surface area (TPSA) is 88.2 Å². The van der Waals surface area contributed by atoms with Gasteiger partial charge in [0.15, 0.2) is 0 Å². The van der Waals surface area contributed by atoms with E-state index in [0.717, 1.165) is 16.9 Å². The third-order valence-electron chi connectivity index (χ3n) is 5.17. The molecule has 0 aliphatic carbocycles. The van der Waals surface area contributed by atoms with E-state index < -0.39 is 11.7 Å². The number of amides is 3. The number of benzene rings is 1. The Hall–Kier alpha value is -2.77. The number of para-hydroxylation sites is 1. The molecule has 3 amide bonds. The van der Waals surface area contributed by atoms with Gasteiger partial charge in [0.2, 0.25) is 11.8 Å². The Morgan fingerprint density at radius 3 is 2.16 bits per heavy atom. The lowest BCUT2D eigenvalue weighted by atomic mass is 10.1. The van der Waals surface area contributed by atoms with Crippen LogP contribution in [-0.2, 0) is 14.3 Å². The van der Waals surface area contributed by atoms with E-state index in [1.807, 2.05) is 36.9 Å². The van der Waals surface area contributed by atoms with Crippen LogP contribution in [0.4, 0.5) is 4.79 Å². The van der Waals surface area contributed by atoms with Crippen molar-refractivity contribution in [3.05, 3.63) is 29.3 Å². The van der Waals surface area contributed by atoms with Crippen LogP contribution in [-0.4, -0.2) is 72.6 Å². The maximum Gasteiger partial charge on any atom is 0.408 e. The Balaban J connectivity index is 1.71. The monoisotopic (exact) mass is 447 g/mol. The van der Waals surface area contributed by atoms with Crippen molar-refractivity contribution in [3.63, 3.8) is 0 Å². The summed E-state index contributed by atoms with van der Waals surface area (Å²) in [5, 5.41) is 2.50. The number of hydrogen-bond acceptors (Lipinski definition) is 5. The van der Waals surface area contributed by atoms with E-state index in [4.69, 9.17) is 9.47 Å². The Labute approximate surface area is 191 Å². The number of hydrogen-bond donors (Lipinski definition) is 1. The lowest BCUT2D eigenvalue weighted by Gasteiger charge is -2.23. The Bertz CT molecular complexity index is 783. The van der Waals surface area contributed by atoms with Crippen LogP contribution in [0.2, 0.25) is 0 Å². The second-order valence-electron chi connectivity index (χ2n) is 9.14. The summed E-state index contributed by atoms with van der Waals surface area (Å²) < 4.78 is 11.0. The Morgan fingerprint density at radius 1 is 0.969 bits per heavy atom. The zero-order valence-corrected chi connectivity index (χ0v) is 20.0. The lowest BCUT2D eigenvalue weighted by molar-refractivity contribution is -0.133. The number of ether oxygens (including phenoxy) is 2. The SMILES string of the molecule is Cc1cccc(C)c1OCCCC(=O)N1CCCN(C(=O)CNC(=O)OC(C)(C)C)CC1. The van der Waals surface area contributed by atoms with Gasteiger partial charge in [-0.2, -0.15) is 0 Å². The third-order valence-corrected chi connectivity index (χ3v) is 5.17. The minimum Gasteiger partial charge on any atom is -0.493 e. The first-order chi connectivity index (χ1) is 15.1. The van der Waals surface area contributed by atoms with Gasteiger partial charge in [-0.3, -0.25) is 9.59 Å². The average molecular weight is 448 g/mol. The highest BCUT2D eigenvalue weighted by Gasteiger charge is 2.23. The summed E-state index contributed by atoms with van der Waals surface area (Å²) in [7, 11) is 0. The highest BCUT2D eigenvalue weighted by atomic mass is 16.6. The van der Waals surface area contributed by atoms with Gasteiger partial charge >= 0.3 is 6.09 Å². The van der Waals surface area contributed by atoms with Gasteiger partial charge in [-0.1, -0.05) is 18.2 Å². The molecule has 1 fully saturated rings. The molecular formula is C24H37N3O5. The molecule has 0 bridgehead atoms. The molecule has 1 aliphatic heterocycles. The number of carbonyl (C=O) groups excluding carboxylic acids is 3. The molecule has 0 spiro atoms. The van der Waals surface area contributed by atoms with Crippen molar-refractivity contribution in [2.75, 3.05) is 39.3 Å². The average Bonchev–Trinajstić information content (AvgIpc) is 2.96. The smallest absolute Gasteiger partial charge is 0.408 e. The van der Waals surface area contributed by atoms with Crippen molar-refractivity contribution >= 4 is 17.9 Å². The summed E-state index contributed by atoms with van der Waals surface area (Å²) in [6.07, 6.45) is 1.16. The van der Waals surface area contributed by atoms with Crippen molar-refractivity contribution in [3.8, 4) is 5.75 Å². The first kappa shape index (κ1) is 25.5. The minimum atomic E-state index is -0.611. The highest BCUT2D eigenvalue weighted by Crippen LogP contribution is 2.22. The summed E-state index contributed by atoms with van der Waals surface area (Å²) >= 11 is 0. The summed E-state index contributed by atoms with van der Waals surface area (Å²) in [6, 6.07) is 6.03. The van der Waals surface area contributed by atoms with Crippen LogP contribution in [0.15, 0.2) is 18.2 Å². The third kappa shape index (κ3) is 8.40. The van der Waals surface area contributed by atoms with Crippen LogP contribution in [0.25, 0.3) is 0 Å². The summed E-state index contributed by atoms with van der Waals surface area (Å²) in [6.45, 7) is 11.9. The molecule has 1 aromatic carbocycles. The number of aryl methyl sites for hydroxylation is 2. The maximum atomic E-state index is 12.6. The Kier molecular flexibility index (Phi) is 9.35. The lowest BCUT2D eigenvalue weighted by Crippen LogP contribution is -2.43. The molecule has 1 aliphatic rings. The zero-order valence-electron chi connectivity index (χ0n) is 20.0. The van der Waals surface area contributed by atoms with Crippen molar-refractivity contribution < 1.29 is 23.9 Å². The van der Waals surface area contributed by atoms with Crippen LogP contribution in [0, 0.1) is 13.8 Å². The standard InChI is InChI=1S/C24H37N3O5/c1-18-9-6-10-19(2)22(18)31-16-7-11-20(28)26-12-8-13-27(15-14-26)21(29)17-25-23(30)32-24(3,4)5/h6,9-10H,7-8,11-17H2,1-5H3,(H,25,30). The van der Waals surface area contributed by atoms with Gasteiger partial charge in [-0.05, 0) is 58.6 Å². The van der Waals surface area contributed by atoms with Crippen LogP contribution >= 0.6 is 0 Å². The van der Waals surface area contributed by atoms with Crippen LogP contribution in [0.1, 0.15) is 51.2 Å². The van der Waals surface area contributed by atoms with E-state index in [0.29, 0.717) is 52.0 Å². The molecule has 0 atom stereocenters. The minimum absolute atomic E-state index is 0.0799. The molecule has 178 valence electrons. The largest absolute Gasteiger partial charge is 0.493 e. The van der Waals surface area contributed by atoms with E-state index >= 15 is 0 Å². The van der Waals surface area contributed by atoms with Gasteiger partial charge in [0.25, 0.3) is 0 Å². The Morgan fingerprint density at radius 2 is 1.56 bits per heavy atom. The molecule has 0 unspecified atom stereocenters. The normalized spacial score (nSPS) is 14.5. The molecule has 8 nitrogen and oxygen atoms in total. The number of nitrogens with one attached hydrogen (secondary N) is 1. The van der Waals surface area contributed by atoms with Crippen LogP contribution in [0.3, 0.4) is 0 Å². The quantitative estimate of drug-likeness (QED) is 0.649. The van der Waals surface area contributed by atoms with Crippen molar-refractivity contribution in [1.29, 1.82) is 0 Å². The summed E-state index contributed by atoms with van der Waals surface area (Å²) in [5.74, 6) is 0.798. The number of alkyl carbamates (subject to hydrolysis) is 1. The molecule has 1 N–H and O–H groups in total. The second-order valence-corrected chi connectivity index (χ2v) is 9.14. The van der Waals surface area contributed by atoms with Crippen LogP contribution in [0.5, 0.6) is 5.75 Å². The molecular weight excluding hydrogens is 410 g/mol. The van der Waals surface area contributed by atoms with Crippen LogP contribution < -0.4 is 10.1 Å². The fourth-order valence-electron chi connectivity index (χ4n) is 3.57. The van der Waals surface area contributed by atoms with Gasteiger partial charge < -0.3 is 24.6 Å². The molecule has 2 rings (SSSR count). The molecule has 0 radical (unpaired) electrons. The van der Waals surface area contributed by atoms with Crippen molar-refractivity contribution in [2.45, 2.75) is 59.5 Å². The molecule has 1 saturated heterocycles.